The lowest BCUT2D eigenvalue weighted by Crippen LogP contribution is -2.50. The average molecular weight is 180 g/mol. The van der Waals surface area contributed by atoms with E-state index in [1.807, 2.05) is 6.26 Å². The molecule has 2 unspecified atom stereocenters. The molecule has 0 fully saturated rings. The smallest absolute Gasteiger partial charge is 0.0858 e. The zero-order valence-corrected chi connectivity index (χ0v) is 8.39. The van der Waals surface area contributed by atoms with Crippen LogP contribution in [0.25, 0.3) is 0 Å². The van der Waals surface area contributed by atoms with Crippen molar-refractivity contribution < 1.29 is 0 Å². The summed E-state index contributed by atoms with van der Waals surface area (Å²) < 4.78 is 0. The molecule has 0 heterocycles. The molecule has 0 aromatic carbocycles. The van der Waals surface area contributed by atoms with Crippen molar-refractivity contribution in [1.82, 2.24) is 0 Å². The molecule has 4 heteroatoms. The minimum Gasteiger partial charge on any atom is -0.328 e. The van der Waals surface area contributed by atoms with Crippen LogP contribution >= 0.6 is 23.5 Å². The van der Waals surface area contributed by atoms with Gasteiger partial charge in [0.2, 0.25) is 0 Å². The number of hydrogen-bond acceptors (Lipinski definition) is 4. The molecule has 0 saturated heterocycles. The van der Waals surface area contributed by atoms with Gasteiger partial charge in [-0.3, -0.25) is 0 Å². The van der Waals surface area contributed by atoms with Gasteiger partial charge in [-0.25, -0.2) is 0 Å². The van der Waals surface area contributed by atoms with Gasteiger partial charge in [-0.15, -0.1) is 11.8 Å². The van der Waals surface area contributed by atoms with E-state index in [0.29, 0.717) is 11.8 Å². The second kappa shape index (κ2) is 4.49. The molecule has 0 aliphatic heterocycles. The normalized spacial score (nSPS) is 20.1. The van der Waals surface area contributed by atoms with Crippen molar-refractivity contribution in [1.29, 1.82) is 0 Å². The largest absolute Gasteiger partial charge is 0.328 e. The highest BCUT2D eigenvalue weighted by atomic mass is 32.2. The van der Waals surface area contributed by atoms with E-state index in [1.165, 1.54) is 0 Å². The Morgan fingerprint density at radius 1 is 1.50 bits per heavy atom. The Morgan fingerprint density at radius 2 is 2.00 bits per heavy atom. The molecule has 0 aromatic heterocycles. The fraction of sp³-hybridized carbons (Fsp3) is 1.00. The predicted molar refractivity (Wildman–Crippen MR) is 52.5 cm³/mol. The standard InChI is InChI=1S/C6H16N2S2/c1-5(9-2)6(8,4-7)10-3/h5H,4,7-8H2,1-3H3. The Bertz CT molecular complexity index is 93.7. The van der Waals surface area contributed by atoms with Crippen molar-refractivity contribution in [2.24, 2.45) is 11.5 Å². The lowest BCUT2D eigenvalue weighted by atomic mass is 10.2. The van der Waals surface area contributed by atoms with E-state index >= 15 is 0 Å². The van der Waals surface area contributed by atoms with Crippen LogP contribution in [0.15, 0.2) is 0 Å². The first-order valence-electron chi connectivity index (χ1n) is 3.17. The summed E-state index contributed by atoms with van der Waals surface area (Å²) in [6.45, 7) is 2.64. The zero-order chi connectivity index (χ0) is 8.20. The Balaban J connectivity index is 4.02. The van der Waals surface area contributed by atoms with E-state index in [9.17, 15) is 0 Å². The van der Waals surface area contributed by atoms with Crippen LogP contribution in [0.1, 0.15) is 6.92 Å². The molecule has 2 atom stereocenters. The van der Waals surface area contributed by atoms with Crippen LogP contribution < -0.4 is 11.5 Å². The first-order chi connectivity index (χ1) is 4.60. The summed E-state index contributed by atoms with van der Waals surface area (Å²) in [5.74, 6) is 0. The van der Waals surface area contributed by atoms with Crippen LogP contribution in [0.4, 0.5) is 0 Å². The third-order valence-corrected chi connectivity index (χ3v) is 4.30. The minimum atomic E-state index is -0.251. The molecule has 0 saturated carbocycles. The van der Waals surface area contributed by atoms with Gasteiger partial charge < -0.3 is 11.5 Å². The Hall–Kier alpha value is 0.620. The third-order valence-electron chi connectivity index (χ3n) is 1.74. The SMILES string of the molecule is CSC(C)C(N)(CN)SC. The van der Waals surface area contributed by atoms with Crippen molar-refractivity contribution in [3.8, 4) is 0 Å². The molecule has 0 radical (unpaired) electrons. The first kappa shape index (κ1) is 10.6. The second-order valence-corrected chi connectivity index (χ2v) is 4.59. The maximum absolute atomic E-state index is 5.97. The fourth-order valence-electron chi connectivity index (χ4n) is 0.615. The van der Waals surface area contributed by atoms with Crippen LogP contribution in [0, 0.1) is 0 Å². The average Bonchev–Trinajstić information content (AvgIpc) is 2.01. The Kier molecular flexibility index (Phi) is 4.77. The molecule has 0 bridgehead atoms. The van der Waals surface area contributed by atoms with Crippen LogP contribution in [0.3, 0.4) is 0 Å². The lowest BCUT2D eigenvalue weighted by molar-refractivity contribution is 0.618. The summed E-state index contributed by atoms with van der Waals surface area (Å²) in [5, 5.41) is 0.410. The molecule has 10 heavy (non-hydrogen) atoms. The van der Waals surface area contributed by atoms with Crippen molar-refractivity contribution in [3.63, 3.8) is 0 Å². The van der Waals surface area contributed by atoms with E-state index in [1.54, 1.807) is 23.5 Å². The summed E-state index contributed by atoms with van der Waals surface area (Å²) in [6, 6.07) is 0. The predicted octanol–water partition coefficient (Wildman–Crippen LogP) is 0.715. The molecule has 0 amide bonds. The van der Waals surface area contributed by atoms with E-state index in [-0.39, 0.29) is 4.87 Å². The molecular weight excluding hydrogens is 164 g/mol. The number of rotatable bonds is 4. The van der Waals surface area contributed by atoms with Crippen molar-refractivity contribution in [2.45, 2.75) is 17.0 Å². The summed E-state index contributed by atoms with van der Waals surface area (Å²) >= 11 is 3.39. The van der Waals surface area contributed by atoms with E-state index in [4.69, 9.17) is 11.5 Å². The summed E-state index contributed by atoms with van der Waals surface area (Å²) in [7, 11) is 0. The molecule has 0 aliphatic carbocycles. The van der Waals surface area contributed by atoms with Crippen molar-refractivity contribution in [2.75, 3.05) is 19.1 Å². The molecule has 0 aliphatic rings. The van der Waals surface area contributed by atoms with Gasteiger partial charge >= 0.3 is 0 Å². The highest BCUT2D eigenvalue weighted by Gasteiger charge is 2.28. The number of hydrogen-bond donors (Lipinski definition) is 2. The topological polar surface area (TPSA) is 52.0 Å². The maximum atomic E-state index is 5.97. The zero-order valence-electron chi connectivity index (χ0n) is 6.76. The quantitative estimate of drug-likeness (QED) is 0.626. The van der Waals surface area contributed by atoms with E-state index in [0.717, 1.165) is 0 Å². The third kappa shape index (κ3) is 2.34. The molecule has 0 aromatic rings. The van der Waals surface area contributed by atoms with Crippen molar-refractivity contribution in [3.05, 3.63) is 0 Å². The van der Waals surface area contributed by atoms with Gasteiger partial charge in [0.25, 0.3) is 0 Å². The van der Waals surface area contributed by atoms with Crippen LogP contribution in [-0.2, 0) is 0 Å². The van der Waals surface area contributed by atoms with Gasteiger partial charge in [-0.1, -0.05) is 6.92 Å². The Morgan fingerprint density at radius 3 is 2.10 bits per heavy atom. The van der Waals surface area contributed by atoms with E-state index < -0.39 is 0 Å². The van der Waals surface area contributed by atoms with Gasteiger partial charge in [-0.05, 0) is 12.5 Å². The molecular formula is C6H16N2S2. The van der Waals surface area contributed by atoms with E-state index in [2.05, 4.69) is 13.2 Å². The Labute approximate surface area is 71.5 Å². The van der Waals surface area contributed by atoms with Gasteiger partial charge in [0.15, 0.2) is 0 Å². The fourth-order valence-corrected chi connectivity index (χ4v) is 2.19. The van der Waals surface area contributed by atoms with Gasteiger partial charge in [0.05, 0.1) is 4.87 Å². The molecule has 62 valence electrons. The summed E-state index contributed by atoms with van der Waals surface area (Å²) in [4.78, 5) is -0.251. The molecule has 0 spiro atoms. The molecule has 2 nitrogen and oxygen atoms in total. The van der Waals surface area contributed by atoms with Crippen LogP contribution in [-0.4, -0.2) is 29.2 Å². The van der Waals surface area contributed by atoms with Gasteiger partial charge in [0, 0.05) is 11.8 Å². The summed E-state index contributed by atoms with van der Waals surface area (Å²) in [6.07, 6.45) is 4.05. The number of nitrogens with two attached hydrogens (primary N) is 2. The highest BCUT2D eigenvalue weighted by Crippen LogP contribution is 2.26. The first-order valence-corrected chi connectivity index (χ1v) is 5.69. The summed E-state index contributed by atoms with van der Waals surface area (Å²) in [5.41, 5.74) is 11.5. The molecule has 0 rings (SSSR count). The monoisotopic (exact) mass is 180 g/mol. The van der Waals surface area contributed by atoms with Gasteiger partial charge in [-0.2, -0.15) is 11.8 Å². The number of thioether (sulfide) groups is 2. The lowest BCUT2D eigenvalue weighted by Gasteiger charge is -2.31. The van der Waals surface area contributed by atoms with Crippen LogP contribution in [0.2, 0.25) is 0 Å². The highest BCUT2D eigenvalue weighted by molar-refractivity contribution is 8.03. The molecule has 4 N–H and O–H groups in total. The van der Waals surface area contributed by atoms with Crippen LogP contribution in [0.5, 0.6) is 0 Å². The minimum absolute atomic E-state index is 0.251. The second-order valence-electron chi connectivity index (χ2n) is 2.24. The van der Waals surface area contributed by atoms with Gasteiger partial charge in [0.1, 0.15) is 0 Å². The van der Waals surface area contributed by atoms with Crippen molar-refractivity contribution >= 4 is 23.5 Å². The maximum Gasteiger partial charge on any atom is 0.0858 e.